The molecule has 88 valence electrons. The molecule has 3 heteroatoms. The molecule has 0 unspecified atom stereocenters. The first-order chi connectivity index (χ1) is 7.70. The molecular weight excluding hydrogens is 202 g/mol. The van der Waals surface area contributed by atoms with Crippen molar-refractivity contribution in [1.82, 2.24) is 4.90 Å². The molecule has 0 radical (unpaired) electrons. The summed E-state index contributed by atoms with van der Waals surface area (Å²) in [7, 11) is 0. The van der Waals surface area contributed by atoms with Crippen molar-refractivity contribution < 1.29 is 9.90 Å². The molecule has 0 saturated carbocycles. The van der Waals surface area contributed by atoms with Gasteiger partial charge in [0.15, 0.2) is 0 Å². The van der Waals surface area contributed by atoms with Gasteiger partial charge >= 0.3 is 0 Å². The number of aliphatic hydroxyl groups excluding tert-OH is 1. The van der Waals surface area contributed by atoms with E-state index >= 15 is 0 Å². The van der Waals surface area contributed by atoms with Crippen LogP contribution in [0.2, 0.25) is 0 Å². The highest BCUT2D eigenvalue weighted by Crippen LogP contribution is 2.08. The third-order valence-electron chi connectivity index (χ3n) is 2.54. The van der Waals surface area contributed by atoms with E-state index in [-0.39, 0.29) is 18.6 Å². The zero-order chi connectivity index (χ0) is 12.0. The van der Waals surface area contributed by atoms with Gasteiger partial charge in [0, 0.05) is 12.1 Å². The van der Waals surface area contributed by atoms with Crippen LogP contribution in [0.4, 0.5) is 0 Å². The maximum Gasteiger partial charge on any atom is 0.254 e. The summed E-state index contributed by atoms with van der Waals surface area (Å²) in [6, 6.07) is 9.05. The summed E-state index contributed by atoms with van der Waals surface area (Å²) >= 11 is 0. The average molecular weight is 221 g/mol. The number of nitrogens with zero attached hydrogens (tertiary/aromatic N) is 1. The van der Waals surface area contributed by atoms with E-state index in [9.17, 15) is 4.79 Å². The monoisotopic (exact) mass is 221 g/mol. The number of carbonyl (C=O) groups excluding carboxylic acids is 1. The summed E-state index contributed by atoms with van der Waals surface area (Å²) in [5, 5.41) is 9.13. The van der Waals surface area contributed by atoms with Crippen LogP contribution >= 0.6 is 0 Å². The van der Waals surface area contributed by atoms with Gasteiger partial charge in [-0.2, -0.15) is 0 Å². The fourth-order valence-electron chi connectivity index (χ4n) is 1.61. The number of hydrogen-bond donors (Lipinski definition) is 1. The second kappa shape index (κ2) is 6.28. The van der Waals surface area contributed by atoms with E-state index in [1.165, 1.54) is 0 Å². The normalized spacial score (nSPS) is 12.2. The first kappa shape index (κ1) is 12.7. The number of amides is 1. The summed E-state index contributed by atoms with van der Waals surface area (Å²) in [6.45, 7) is 4.56. The lowest BCUT2D eigenvalue weighted by atomic mass is 10.1. The SMILES string of the molecule is CCCN(C(=O)c1ccccc1)[C@@H](C)CO. The molecule has 0 spiro atoms. The summed E-state index contributed by atoms with van der Waals surface area (Å²) in [5.41, 5.74) is 0.677. The van der Waals surface area contributed by atoms with Crippen molar-refractivity contribution in [3.05, 3.63) is 35.9 Å². The molecule has 0 fully saturated rings. The molecule has 1 aromatic carbocycles. The van der Waals surface area contributed by atoms with Gasteiger partial charge in [0.25, 0.3) is 5.91 Å². The van der Waals surface area contributed by atoms with Crippen LogP contribution in [0.25, 0.3) is 0 Å². The summed E-state index contributed by atoms with van der Waals surface area (Å²) in [6.07, 6.45) is 0.892. The maximum absolute atomic E-state index is 12.1. The third kappa shape index (κ3) is 3.07. The lowest BCUT2D eigenvalue weighted by molar-refractivity contribution is 0.0619. The van der Waals surface area contributed by atoms with E-state index in [0.717, 1.165) is 6.42 Å². The molecule has 0 aliphatic carbocycles. The van der Waals surface area contributed by atoms with Crippen molar-refractivity contribution in [2.24, 2.45) is 0 Å². The minimum atomic E-state index is -0.132. The molecular formula is C13H19NO2. The Morgan fingerprint density at radius 2 is 2.00 bits per heavy atom. The van der Waals surface area contributed by atoms with E-state index in [4.69, 9.17) is 5.11 Å². The lowest BCUT2D eigenvalue weighted by Crippen LogP contribution is -2.41. The largest absolute Gasteiger partial charge is 0.394 e. The Kier molecular flexibility index (Phi) is 4.99. The molecule has 0 aromatic heterocycles. The van der Waals surface area contributed by atoms with E-state index in [2.05, 4.69) is 0 Å². The van der Waals surface area contributed by atoms with Gasteiger partial charge in [-0.25, -0.2) is 0 Å². The Balaban J connectivity index is 2.83. The number of carbonyl (C=O) groups is 1. The number of rotatable bonds is 5. The standard InChI is InChI=1S/C13H19NO2/c1-3-9-14(11(2)10-15)13(16)12-7-5-4-6-8-12/h4-8,11,15H,3,9-10H2,1-2H3/t11-/m0/s1. The first-order valence-corrected chi connectivity index (χ1v) is 5.67. The number of hydrogen-bond acceptors (Lipinski definition) is 2. The van der Waals surface area contributed by atoms with Crippen LogP contribution in [0.5, 0.6) is 0 Å². The highest BCUT2D eigenvalue weighted by Gasteiger charge is 2.19. The van der Waals surface area contributed by atoms with Gasteiger partial charge in [0.1, 0.15) is 0 Å². The highest BCUT2D eigenvalue weighted by atomic mass is 16.3. The van der Waals surface area contributed by atoms with Crippen LogP contribution in [0.3, 0.4) is 0 Å². The predicted molar refractivity (Wildman–Crippen MR) is 64.3 cm³/mol. The van der Waals surface area contributed by atoms with Crippen molar-refractivity contribution in [2.75, 3.05) is 13.2 Å². The molecule has 3 nitrogen and oxygen atoms in total. The average Bonchev–Trinajstić information content (AvgIpc) is 2.35. The van der Waals surface area contributed by atoms with Gasteiger partial charge in [-0.05, 0) is 25.5 Å². The van der Waals surface area contributed by atoms with Crippen molar-refractivity contribution in [3.8, 4) is 0 Å². The van der Waals surface area contributed by atoms with Gasteiger partial charge in [-0.1, -0.05) is 25.1 Å². The second-order valence-electron chi connectivity index (χ2n) is 3.90. The molecule has 0 aliphatic rings. The van der Waals surface area contributed by atoms with Gasteiger partial charge < -0.3 is 10.0 Å². The smallest absolute Gasteiger partial charge is 0.254 e. The molecule has 1 amide bonds. The van der Waals surface area contributed by atoms with Gasteiger partial charge in [0.05, 0.1) is 12.6 Å². The van der Waals surface area contributed by atoms with Crippen LogP contribution in [0, 0.1) is 0 Å². The van der Waals surface area contributed by atoms with E-state index in [1.807, 2.05) is 32.0 Å². The minimum Gasteiger partial charge on any atom is -0.394 e. The van der Waals surface area contributed by atoms with Crippen molar-refractivity contribution in [3.63, 3.8) is 0 Å². The lowest BCUT2D eigenvalue weighted by Gasteiger charge is -2.27. The van der Waals surface area contributed by atoms with Crippen LogP contribution < -0.4 is 0 Å². The summed E-state index contributed by atoms with van der Waals surface area (Å²) < 4.78 is 0. The Morgan fingerprint density at radius 1 is 1.38 bits per heavy atom. The number of benzene rings is 1. The zero-order valence-corrected chi connectivity index (χ0v) is 9.89. The van der Waals surface area contributed by atoms with Gasteiger partial charge in [-0.15, -0.1) is 0 Å². The fraction of sp³-hybridized carbons (Fsp3) is 0.462. The van der Waals surface area contributed by atoms with Crippen LogP contribution in [-0.2, 0) is 0 Å². The van der Waals surface area contributed by atoms with Crippen LogP contribution in [0.15, 0.2) is 30.3 Å². The Hall–Kier alpha value is -1.35. The molecule has 1 atom stereocenters. The molecule has 0 aliphatic heterocycles. The molecule has 0 bridgehead atoms. The van der Waals surface area contributed by atoms with E-state index in [1.54, 1.807) is 17.0 Å². The van der Waals surface area contributed by atoms with Crippen molar-refractivity contribution in [2.45, 2.75) is 26.3 Å². The zero-order valence-electron chi connectivity index (χ0n) is 9.89. The molecule has 1 aromatic rings. The Labute approximate surface area is 96.7 Å². The van der Waals surface area contributed by atoms with Crippen LogP contribution in [-0.4, -0.2) is 35.1 Å². The fourth-order valence-corrected chi connectivity index (χ4v) is 1.61. The molecule has 1 rings (SSSR count). The van der Waals surface area contributed by atoms with Gasteiger partial charge in [-0.3, -0.25) is 4.79 Å². The summed E-state index contributed by atoms with van der Waals surface area (Å²) in [4.78, 5) is 13.9. The Bertz CT molecular complexity index is 324. The van der Waals surface area contributed by atoms with E-state index in [0.29, 0.717) is 12.1 Å². The van der Waals surface area contributed by atoms with Crippen molar-refractivity contribution in [1.29, 1.82) is 0 Å². The summed E-state index contributed by atoms with van der Waals surface area (Å²) in [5.74, 6) is -0.0102. The highest BCUT2D eigenvalue weighted by molar-refractivity contribution is 5.94. The minimum absolute atomic E-state index is 0.00142. The second-order valence-corrected chi connectivity index (χ2v) is 3.90. The maximum atomic E-state index is 12.1. The Morgan fingerprint density at radius 3 is 2.50 bits per heavy atom. The topological polar surface area (TPSA) is 40.5 Å². The number of aliphatic hydroxyl groups is 1. The molecule has 16 heavy (non-hydrogen) atoms. The molecule has 0 heterocycles. The molecule has 1 N–H and O–H groups in total. The van der Waals surface area contributed by atoms with Crippen molar-refractivity contribution >= 4 is 5.91 Å². The first-order valence-electron chi connectivity index (χ1n) is 5.67. The van der Waals surface area contributed by atoms with Crippen LogP contribution in [0.1, 0.15) is 30.6 Å². The molecule has 0 saturated heterocycles. The predicted octanol–water partition coefficient (Wildman–Crippen LogP) is 1.92. The quantitative estimate of drug-likeness (QED) is 0.825. The third-order valence-corrected chi connectivity index (χ3v) is 2.54. The van der Waals surface area contributed by atoms with E-state index < -0.39 is 0 Å². The van der Waals surface area contributed by atoms with Gasteiger partial charge in [0.2, 0.25) is 0 Å².